The van der Waals surface area contributed by atoms with Gasteiger partial charge >= 0.3 is 0 Å². The number of nitrogens with zero attached hydrogens (tertiary/aromatic N) is 1. The van der Waals surface area contributed by atoms with Crippen molar-refractivity contribution in [2.45, 2.75) is 33.1 Å². The van der Waals surface area contributed by atoms with Crippen LogP contribution >= 0.6 is 0 Å². The number of aryl methyl sites for hydroxylation is 1. The largest absolute Gasteiger partial charge is 0.401 e. The number of carbonyl (C=O) groups is 1. The molecule has 1 aliphatic heterocycles. The molecule has 4 nitrogen and oxygen atoms in total. The lowest BCUT2D eigenvalue weighted by atomic mass is 10.0. The van der Waals surface area contributed by atoms with Gasteiger partial charge in [-0.15, -0.1) is 0 Å². The van der Waals surface area contributed by atoms with Gasteiger partial charge in [0, 0.05) is 30.0 Å². The molecule has 108 valence electrons. The lowest BCUT2D eigenvalue weighted by Crippen LogP contribution is -2.33. The Morgan fingerprint density at radius 2 is 2.30 bits per heavy atom. The van der Waals surface area contributed by atoms with E-state index >= 15 is 0 Å². The van der Waals surface area contributed by atoms with Gasteiger partial charge in [0.05, 0.1) is 6.54 Å². The first-order valence-corrected chi connectivity index (χ1v) is 7.22. The summed E-state index contributed by atoms with van der Waals surface area (Å²) >= 11 is 0. The third-order valence-electron chi connectivity index (χ3n) is 3.65. The number of nitrogens with two attached hydrogens (primary N) is 1. The molecular formula is C16H23N3O. The Morgan fingerprint density at radius 3 is 3.00 bits per heavy atom. The van der Waals surface area contributed by atoms with Crippen LogP contribution in [-0.2, 0) is 11.2 Å². The summed E-state index contributed by atoms with van der Waals surface area (Å²) in [5.41, 5.74) is 10.2. The SMILES string of the molecule is C/C=C(\N)CN1CCCc2ccc(NC(=O)CC)cc21. The van der Waals surface area contributed by atoms with Crippen LogP contribution in [-0.4, -0.2) is 19.0 Å². The summed E-state index contributed by atoms with van der Waals surface area (Å²) in [5.74, 6) is 0.0419. The number of anilines is 2. The molecule has 1 aromatic carbocycles. The molecular weight excluding hydrogens is 250 g/mol. The summed E-state index contributed by atoms with van der Waals surface area (Å²) in [4.78, 5) is 13.8. The predicted octanol–water partition coefficient (Wildman–Crippen LogP) is 2.65. The summed E-state index contributed by atoms with van der Waals surface area (Å²) in [6.45, 7) is 5.56. The van der Waals surface area contributed by atoms with Gasteiger partial charge in [0.15, 0.2) is 0 Å². The highest BCUT2D eigenvalue weighted by molar-refractivity contribution is 5.91. The molecule has 0 atom stereocenters. The number of nitrogens with one attached hydrogen (secondary N) is 1. The number of rotatable bonds is 4. The van der Waals surface area contributed by atoms with E-state index in [0.29, 0.717) is 6.42 Å². The van der Waals surface area contributed by atoms with Crippen molar-refractivity contribution in [2.24, 2.45) is 5.73 Å². The zero-order valence-corrected chi connectivity index (χ0v) is 12.3. The molecule has 0 saturated carbocycles. The Kier molecular flexibility index (Phi) is 4.66. The average Bonchev–Trinajstić information content (AvgIpc) is 2.47. The summed E-state index contributed by atoms with van der Waals surface area (Å²) < 4.78 is 0. The van der Waals surface area contributed by atoms with E-state index in [9.17, 15) is 4.79 Å². The number of amides is 1. The number of benzene rings is 1. The zero-order chi connectivity index (χ0) is 14.5. The van der Waals surface area contributed by atoms with Gasteiger partial charge in [-0.1, -0.05) is 19.1 Å². The van der Waals surface area contributed by atoms with Crippen molar-refractivity contribution in [3.8, 4) is 0 Å². The van der Waals surface area contributed by atoms with Gasteiger partial charge in [-0.25, -0.2) is 0 Å². The van der Waals surface area contributed by atoms with E-state index in [1.807, 2.05) is 26.0 Å². The third kappa shape index (κ3) is 3.32. The van der Waals surface area contributed by atoms with Crippen molar-refractivity contribution in [1.29, 1.82) is 0 Å². The van der Waals surface area contributed by atoms with Gasteiger partial charge in [-0.05, 0) is 37.5 Å². The molecule has 0 fully saturated rings. The highest BCUT2D eigenvalue weighted by atomic mass is 16.1. The maximum absolute atomic E-state index is 11.5. The first-order valence-electron chi connectivity index (χ1n) is 7.22. The minimum Gasteiger partial charge on any atom is -0.401 e. The van der Waals surface area contributed by atoms with Crippen LogP contribution in [0.5, 0.6) is 0 Å². The highest BCUT2D eigenvalue weighted by Gasteiger charge is 2.17. The Balaban J connectivity index is 2.24. The summed E-state index contributed by atoms with van der Waals surface area (Å²) in [5, 5.41) is 2.92. The quantitative estimate of drug-likeness (QED) is 0.886. The number of hydrogen-bond donors (Lipinski definition) is 2. The molecule has 0 aromatic heterocycles. The Labute approximate surface area is 120 Å². The van der Waals surface area contributed by atoms with Gasteiger partial charge in [-0.2, -0.15) is 0 Å². The summed E-state index contributed by atoms with van der Waals surface area (Å²) in [6, 6.07) is 6.15. The monoisotopic (exact) mass is 273 g/mol. The highest BCUT2D eigenvalue weighted by Crippen LogP contribution is 2.30. The Morgan fingerprint density at radius 1 is 1.50 bits per heavy atom. The lowest BCUT2D eigenvalue weighted by molar-refractivity contribution is -0.115. The number of carbonyl (C=O) groups excluding carboxylic acids is 1. The van der Waals surface area contributed by atoms with Crippen molar-refractivity contribution in [3.05, 3.63) is 35.5 Å². The minimum atomic E-state index is 0.0419. The van der Waals surface area contributed by atoms with E-state index in [2.05, 4.69) is 22.3 Å². The zero-order valence-electron chi connectivity index (χ0n) is 12.3. The maximum Gasteiger partial charge on any atom is 0.224 e. The van der Waals surface area contributed by atoms with Gasteiger partial charge in [0.25, 0.3) is 0 Å². The molecule has 0 aliphatic carbocycles. The second-order valence-electron chi connectivity index (χ2n) is 5.13. The fourth-order valence-corrected chi connectivity index (χ4v) is 2.45. The van der Waals surface area contributed by atoms with Gasteiger partial charge in [0.1, 0.15) is 0 Å². The number of allylic oxidation sites excluding steroid dienone is 1. The second kappa shape index (κ2) is 6.46. The molecule has 20 heavy (non-hydrogen) atoms. The van der Waals surface area contributed by atoms with E-state index in [-0.39, 0.29) is 5.91 Å². The van der Waals surface area contributed by atoms with E-state index in [1.165, 1.54) is 11.3 Å². The molecule has 1 heterocycles. The predicted molar refractivity (Wildman–Crippen MR) is 83.8 cm³/mol. The molecule has 3 N–H and O–H groups in total. The van der Waals surface area contributed by atoms with E-state index < -0.39 is 0 Å². The molecule has 0 unspecified atom stereocenters. The fraction of sp³-hybridized carbons (Fsp3) is 0.438. The fourth-order valence-electron chi connectivity index (χ4n) is 2.45. The van der Waals surface area contributed by atoms with Crippen molar-refractivity contribution in [3.63, 3.8) is 0 Å². The normalized spacial score (nSPS) is 14.9. The first kappa shape index (κ1) is 14.4. The van der Waals surface area contributed by atoms with Crippen LogP contribution in [0.25, 0.3) is 0 Å². The Hall–Kier alpha value is -1.97. The molecule has 0 bridgehead atoms. The lowest BCUT2D eigenvalue weighted by Gasteiger charge is -2.32. The maximum atomic E-state index is 11.5. The summed E-state index contributed by atoms with van der Waals surface area (Å²) in [6.07, 6.45) is 4.66. The first-order chi connectivity index (χ1) is 9.63. The third-order valence-corrected chi connectivity index (χ3v) is 3.65. The van der Waals surface area contributed by atoms with E-state index in [1.54, 1.807) is 0 Å². The van der Waals surface area contributed by atoms with Crippen molar-refractivity contribution < 1.29 is 4.79 Å². The molecule has 0 spiro atoms. The van der Waals surface area contributed by atoms with Crippen molar-refractivity contribution in [2.75, 3.05) is 23.3 Å². The van der Waals surface area contributed by atoms with Gasteiger partial charge < -0.3 is 16.0 Å². The van der Waals surface area contributed by atoms with Crippen molar-refractivity contribution in [1.82, 2.24) is 0 Å². The van der Waals surface area contributed by atoms with Gasteiger partial charge in [-0.3, -0.25) is 4.79 Å². The van der Waals surface area contributed by atoms with Crippen LogP contribution in [0.1, 0.15) is 32.3 Å². The van der Waals surface area contributed by atoms with E-state index in [4.69, 9.17) is 5.73 Å². The molecule has 1 aromatic rings. The number of fused-ring (bicyclic) bond motifs is 1. The topological polar surface area (TPSA) is 58.4 Å². The molecule has 0 saturated heterocycles. The Bertz CT molecular complexity index is 522. The van der Waals surface area contributed by atoms with Crippen LogP contribution in [0, 0.1) is 0 Å². The van der Waals surface area contributed by atoms with Crippen molar-refractivity contribution >= 4 is 17.3 Å². The summed E-state index contributed by atoms with van der Waals surface area (Å²) in [7, 11) is 0. The van der Waals surface area contributed by atoms with E-state index in [0.717, 1.165) is 37.3 Å². The molecule has 4 heteroatoms. The number of hydrogen-bond acceptors (Lipinski definition) is 3. The molecule has 1 amide bonds. The van der Waals surface area contributed by atoms with Crippen LogP contribution in [0.4, 0.5) is 11.4 Å². The van der Waals surface area contributed by atoms with Crippen LogP contribution in [0.3, 0.4) is 0 Å². The van der Waals surface area contributed by atoms with Crippen LogP contribution in [0.15, 0.2) is 30.0 Å². The second-order valence-corrected chi connectivity index (χ2v) is 5.13. The van der Waals surface area contributed by atoms with Crippen LogP contribution < -0.4 is 16.0 Å². The molecule has 0 radical (unpaired) electrons. The smallest absolute Gasteiger partial charge is 0.224 e. The molecule has 1 aliphatic rings. The standard InChI is InChI=1S/C16H23N3O/c1-3-13(17)11-19-9-5-6-12-7-8-14(10-15(12)19)18-16(20)4-2/h3,7-8,10H,4-6,9,11,17H2,1-2H3,(H,18,20)/b13-3-. The van der Waals surface area contributed by atoms with Crippen LogP contribution in [0.2, 0.25) is 0 Å². The molecule has 2 rings (SSSR count). The average molecular weight is 273 g/mol. The minimum absolute atomic E-state index is 0.0419. The van der Waals surface area contributed by atoms with Gasteiger partial charge in [0.2, 0.25) is 5.91 Å².